The first-order chi connectivity index (χ1) is 10.1. The van der Waals surface area contributed by atoms with Crippen LogP contribution in [0.4, 0.5) is 4.39 Å². The molecule has 1 heterocycles. The quantitative estimate of drug-likeness (QED) is 0.835. The molecule has 1 aromatic carbocycles. The number of halogens is 1. The van der Waals surface area contributed by atoms with E-state index in [9.17, 15) is 4.39 Å². The second-order valence-corrected chi connectivity index (χ2v) is 6.09. The van der Waals surface area contributed by atoms with Crippen LogP contribution in [0.3, 0.4) is 0 Å². The Morgan fingerprint density at radius 2 is 2.24 bits per heavy atom. The zero-order chi connectivity index (χ0) is 15.1. The molecular formula is C17H26FNO2. The highest BCUT2D eigenvalue weighted by Crippen LogP contribution is 2.20. The van der Waals surface area contributed by atoms with E-state index in [4.69, 9.17) is 9.47 Å². The highest BCUT2D eigenvalue weighted by Gasteiger charge is 2.15. The van der Waals surface area contributed by atoms with Gasteiger partial charge >= 0.3 is 0 Å². The van der Waals surface area contributed by atoms with Gasteiger partial charge in [0.2, 0.25) is 0 Å². The lowest BCUT2D eigenvalue weighted by atomic mass is 10.1. The van der Waals surface area contributed by atoms with Crippen LogP contribution in [-0.4, -0.2) is 25.9 Å². The van der Waals surface area contributed by atoms with Crippen LogP contribution in [0.1, 0.15) is 38.7 Å². The van der Waals surface area contributed by atoms with Crippen LogP contribution in [0.5, 0.6) is 5.75 Å². The molecule has 1 atom stereocenters. The van der Waals surface area contributed by atoms with E-state index < -0.39 is 0 Å². The van der Waals surface area contributed by atoms with Crippen LogP contribution < -0.4 is 10.1 Å². The average molecular weight is 295 g/mol. The molecule has 1 unspecified atom stereocenters. The standard InChI is InChI=1S/C17H26FNO2/c1-13(2)10-19-11-14-6-7-17(16(18)9-14)21-12-15-5-3-4-8-20-15/h6-7,9,13,15,19H,3-5,8,10-12H2,1-2H3. The third-order valence-corrected chi connectivity index (χ3v) is 3.58. The molecule has 0 bridgehead atoms. The van der Waals surface area contributed by atoms with E-state index >= 15 is 0 Å². The lowest BCUT2D eigenvalue weighted by Crippen LogP contribution is -2.26. The minimum Gasteiger partial charge on any atom is -0.488 e. The van der Waals surface area contributed by atoms with Gasteiger partial charge in [-0.3, -0.25) is 0 Å². The molecule has 3 nitrogen and oxygen atoms in total. The molecule has 1 aromatic rings. The molecule has 2 rings (SSSR count). The van der Waals surface area contributed by atoms with Crippen LogP contribution in [-0.2, 0) is 11.3 Å². The van der Waals surface area contributed by atoms with Gasteiger partial charge in [-0.15, -0.1) is 0 Å². The van der Waals surface area contributed by atoms with Crippen LogP contribution >= 0.6 is 0 Å². The predicted molar refractivity (Wildman–Crippen MR) is 82.0 cm³/mol. The summed E-state index contributed by atoms with van der Waals surface area (Å²) in [6, 6.07) is 5.17. The summed E-state index contributed by atoms with van der Waals surface area (Å²) in [5.41, 5.74) is 0.939. The van der Waals surface area contributed by atoms with Gasteiger partial charge in [0.25, 0.3) is 0 Å². The van der Waals surface area contributed by atoms with E-state index in [1.165, 1.54) is 0 Å². The van der Waals surface area contributed by atoms with Gasteiger partial charge in [0.05, 0.1) is 6.10 Å². The number of hydrogen-bond donors (Lipinski definition) is 1. The summed E-state index contributed by atoms with van der Waals surface area (Å²) in [6.07, 6.45) is 3.38. The van der Waals surface area contributed by atoms with Crippen LogP contribution in [0.25, 0.3) is 0 Å². The van der Waals surface area contributed by atoms with Crippen LogP contribution in [0.15, 0.2) is 18.2 Å². The lowest BCUT2D eigenvalue weighted by molar-refractivity contribution is -0.0117. The van der Waals surface area contributed by atoms with Gasteiger partial charge in [-0.25, -0.2) is 4.39 Å². The highest BCUT2D eigenvalue weighted by molar-refractivity contribution is 5.29. The van der Waals surface area contributed by atoms with Crippen molar-refractivity contribution in [2.75, 3.05) is 19.8 Å². The summed E-state index contributed by atoms with van der Waals surface area (Å²) in [4.78, 5) is 0. The summed E-state index contributed by atoms with van der Waals surface area (Å²) in [7, 11) is 0. The van der Waals surface area contributed by atoms with E-state index in [2.05, 4.69) is 19.2 Å². The van der Waals surface area contributed by atoms with Gasteiger partial charge in [0.15, 0.2) is 11.6 Å². The third-order valence-electron chi connectivity index (χ3n) is 3.58. The van der Waals surface area contributed by atoms with Crippen LogP contribution in [0, 0.1) is 11.7 Å². The fourth-order valence-corrected chi connectivity index (χ4v) is 2.40. The summed E-state index contributed by atoms with van der Waals surface area (Å²) < 4.78 is 25.1. The Morgan fingerprint density at radius 3 is 2.90 bits per heavy atom. The summed E-state index contributed by atoms with van der Waals surface area (Å²) in [5.74, 6) is 0.611. The van der Waals surface area contributed by atoms with Gasteiger partial charge in [0.1, 0.15) is 6.61 Å². The molecule has 21 heavy (non-hydrogen) atoms. The van der Waals surface area contributed by atoms with Gasteiger partial charge in [-0.2, -0.15) is 0 Å². The molecule has 1 fully saturated rings. The Bertz CT molecular complexity index is 431. The fourth-order valence-electron chi connectivity index (χ4n) is 2.40. The van der Waals surface area contributed by atoms with E-state index in [0.29, 0.717) is 24.8 Å². The molecular weight excluding hydrogens is 269 g/mol. The molecule has 0 spiro atoms. The Labute approximate surface area is 126 Å². The molecule has 0 saturated carbocycles. The Kier molecular flexibility index (Phi) is 6.46. The molecule has 1 N–H and O–H groups in total. The molecule has 118 valence electrons. The maximum atomic E-state index is 14.0. The van der Waals surface area contributed by atoms with Crippen molar-refractivity contribution in [2.45, 2.75) is 45.8 Å². The average Bonchev–Trinajstić information content (AvgIpc) is 2.47. The fraction of sp³-hybridized carbons (Fsp3) is 0.647. The maximum absolute atomic E-state index is 14.0. The van der Waals surface area contributed by atoms with Crippen molar-refractivity contribution >= 4 is 0 Å². The van der Waals surface area contributed by atoms with Crippen molar-refractivity contribution in [1.82, 2.24) is 5.32 Å². The molecule has 0 radical (unpaired) electrons. The van der Waals surface area contributed by atoms with Gasteiger partial charge in [-0.1, -0.05) is 19.9 Å². The van der Waals surface area contributed by atoms with Crippen molar-refractivity contribution < 1.29 is 13.9 Å². The number of ether oxygens (including phenoxy) is 2. The van der Waals surface area contributed by atoms with Gasteiger partial charge < -0.3 is 14.8 Å². The van der Waals surface area contributed by atoms with Gasteiger partial charge in [-0.05, 0) is 49.4 Å². The van der Waals surface area contributed by atoms with E-state index in [0.717, 1.165) is 38.0 Å². The minimum absolute atomic E-state index is 0.102. The van der Waals surface area contributed by atoms with Crippen molar-refractivity contribution in [3.63, 3.8) is 0 Å². The second-order valence-electron chi connectivity index (χ2n) is 6.09. The summed E-state index contributed by atoms with van der Waals surface area (Å²) >= 11 is 0. The van der Waals surface area contributed by atoms with E-state index in [1.54, 1.807) is 12.1 Å². The minimum atomic E-state index is -0.297. The summed E-state index contributed by atoms with van der Waals surface area (Å²) in [6.45, 7) is 7.13. The van der Waals surface area contributed by atoms with Crippen molar-refractivity contribution in [3.8, 4) is 5.75 Å². The SMILES string of the molecule is CC(C)CNCc1ccc(OCC2CCCCO2)c(F)c1. The first-order valence-electron chi connectivity index (χ1n) is 7.88. The number of rotatable bonds is 7. The van der Waals surface area contributed by atoms with Gasteiger partial charge in [0, 0.05) is 13.2 Å². The molecule has 0 aromatic heterocycles. The monoisotopic (exact) mass is 295 g/mol. The molecule has 4 heteroatoms. The Morgan fingerprint density at radius 1 is 1.38 bits per heavy atom. The topological polar surface area (TPSA) is 30.5 Å². The normalized spacial score (nSPS) is 19.0. The Balaban J connectivity index is 1.80. The largest absolute Gasteiger partial charge is 0.488 e. The molecule has 0 aliphatic carbocycles. The third kappa shape index (κ3) is 5.64. The first kappa shape index (κ1) is 16.2. The number of benzene rings is 1. The van der Waals surface area contributed by atoms with Crippen LogP contribution in [0.2, 0.25) is 0 Å². The number of hydrogen-bond acceptors (Lipinski definition) is 3. The summed E-state index contributed by atoms with van der Waals surface area (Å²) in [5, 5.41) is 3.30. The highest BCUT2D eigenvalue weighted by atomic mass is 19.1. The predicted octanol–water partition coefficient (Wildman–Crippen LogP) is 3.52. The molecule has 0 amide bonds. The molecule has 1 aliphatic heterocycles. The Hall–Kier alpha value is -1.13. The zero-order valence-electron chi connectivity index (χ0n) is 13.0. The van der Waals surface area contributed by atoms with E-state index in [1.807, 2.05) is 6.07 Å². The second kappa shape index (κ2) is 8.35. The maximum Gasteiger partial charge on any atom is 0.165 e. The van der Waals surface area contributed by atoms with Crippen molar-refractivity contribution in [1.29, 1.82) is 0 Å². The molecule has 1 aliphatic rings. The zero-order valence-corrected chi connectivity index (χ0v) is 13.0. The van der Waals surface area contributed by atoms with Crippen molar-refractivity contribution in [2.24, 2.45) is 5.92 Å². The first-order valence-corrected chi connectivity index (χ1v) is 7.88. The molecule has 1 saturated heterocycles. The van der Waals surface area contributed by atoms with Crippen molar-refractivity contribution in [3.05, 3.63) is 29.6 Å². The lowest BCUT2D eigenvalue weighted by Gasteiger charge is -2.22. The van der Waals surface area contributed by atoms with E-state index in [-0.39, 0.29) is 11.9 Å². The smallest absolute Gasteiger partial charge is 0.165 e. The number of nitrogens with one attached hydrogen (secondary N) is 1.